The minimum absolute atomic E-state index is 0.0857. The number of Topliss-reactive ketones (excluding diaryl/α,β-unsaturated/α-hetero) is 1. The van der Waals surface area contributed by atoms with Gasteiger partial charge in [-0.1, -0.05) is 47.1 Å². The van der Waals surface area contributed by atoms with E-state index in [1.54, 1.807) is 41.7 Å². The standard InChI is InChI=1S/C26H26BrN3O4/c1-2-15-34-21-6-3-5-19(16-21)24(31)22-23(18-7-9-20(27)10-8-18)30(26(33)25(22)32)13-4-12-29-14-11-28-17-29/h3,5-11,14,16-17,23,31H,2,4,12-13,15H2,1H3/b24-22+. The summed E-state index contributed by atoms with van der Waals surface area (Å²) in [6, 6.07) is 13.7. The fourth-order valence-corrected chi connectivity index (χ4v) is 4.32. The van der Waals surface area contributed by atoms with E-state index < -0.39 is 17.7 Å². The number of likely N-dealkylation sites (tertiary alicyclic amines) is 1. The maximum Gasteiger partial charge on any atom is 0.295 e. The molecule has 1 amide bonds. The molecule has 3 aromatic rings. The topological polar surface area (TPSA) is 84.7 Å². The number of ketones is 1. The Kier molecular flexibility index (Phi) is 7.47. The van der Waals surface area contributed by atoms with Gasteiger partial charge in [-0.3, -0.25) is 9.59 Å². The van der Waals surface area contributed by atoms with Gasteiger partial charge in [0.05, 0.1) is 24.5 Å². The highest BCUT2D eigenvalue weighted by Gasteiger charge is 2.45. The fourth-order valence-electron chi connectivity index (χ4n) is 4.05. The van der Waals surface area contributed by atoms with Crippen LogP contribution < -0.4 is 4.74 Å². The number of aryl methyl sites for hydroxylation is 1. The van der Waals surface area contributed by atoms with Gasteiger partial charge in [0, 0.05) is 35.5 Å². The number of halogens is 1. The summed E-state index contributed by atoms with van der Waals surface area (Å²) in [5, 5.41) is 11.2. The van der Waals surface area contributed by atoms with E-state index in [0.29, 0.717) is 37.4 Å². The van der Waals surface area contributed by atoms with E-state index in [1.807, 2.05) is 42.0 Å². The first kappa shape index (κ1) is 23.8. The molecule has 0 aliphatic carbocycles. The van der Waals surface area contributed by atoms with Crippen LogP contribution in [0.15, 0.2) is 77.3 Å². The van der Waals surface area contributed by atoms with Crippen molar-refractivity contribution in [3.8, 4) is 5.75 Å². The molecule has 176 valence electrons. The van der Waals surface area contributed by atoms with Gasteiger partial charge in [0.2, 0.25) is 0 Å². The lowest BCUT2D eigenvalue weighted by atomic mass is 9.95. The van der Waals surface area contributed by atoms with Crippen LogP contribution in [0.5, 0.6) is 5.75 Å². The summed E-state index contributed by atoms with van der Waals surface area (Å²) in [7, 11) is 0. The number of hydrogen-bond donors (Lipinski definition) is 1. The zero-order valence-electron chi connectivity index (χ0n) is 18.9. The molecule has 1 atom stereocenters. The van der Waals surface area contributed by atoms with Crippen LogP contribution in [-0.4, -0.2) is 44.4 Å². The van der Waals surface area contributed by atoms with Crippen LogP contribution in [-0.2, 0) is 16.1 Å². The number of rotatable bonds is 9. The minimum atomic E-state index is -0.687. The summed E-state index contributed by atoms with van der Waals surface area (Å²) >= 11 is 3.43. The zero-order chi connectivity index (χ0) is 24.1. The summed E-state index contributed by atoms with van der Waals surface area (Å²) in [5.41, 5.74) is 1.28. The van der Waals surface area contributed by atoms with Crippen molar-refractivity contribution in [2.24, 2.45) is 0 Å². The van der Waals surface area contributed by atoms with Crippen molar-refractivity contribution in [3.05, 3.63) is 88.4 Å². The highest BCUT2D eigenvalue weighted by atomic mass is 79.9. The fraction of sp³-hybridized carbons (Fsp3) is 0.269. The Bertz CT molecular complexity index is 1190. The molecule has 1 fully saturated rings. The number of amides is 1. The Morgan fingerprint density at radius 2 is 1.94 bits per heavy atom. The SMILES string of the molecule is CCCOc1cccc(/C(O)=C2\C(=O)C(=O)N(CCCn3ccnc3)C2c2ccc(Br)cc2)c1. The molecule has 0 spiro atoms. The molecule has 2 heterocycles. The molecular weight excluding hydrogens is 498 g/mol. The molecule has 1 aliphatic heterocycles. The lowest BCUT2D eigenvalue weighted by molar-refractivity contribution is -0.139. The maximum atomic E-state index is 13.2. The van der Waals surface area contributed by atoms with Crippen LogP contribution in [0.2, 0.25) is 0 Å². The predicted molar refractivity (Wildman–Crippen MR) is 132 cm³/mol. The van der Waals surface area contributed by atoms with Crippen molar-refractivity contribution in [2.75, 3.05) is 13.2 Å². The van der Waals surface area contributed by atoms with E-state index in [2.05, 4.69) is 20.9 Å². The third-order valence-corrected chi connectivity index (χ3v) is 6.21. The van der Waals surface area contributed by atoms with Crippen molar-refractivity contribution < 1.29 is 19.4 Å². The molecular formula is C26H26BrN3O4. The summed E-state index contributed by atoms with van der Waals surface area (Å²) in [6.45, 7) is 3.58. The van der Waals surface area contributed by atoms with Gasteiger partial charge in [-0.25, -0.2) is 4.98 Å². The average Bonchev–Trinajstić information content (AvgIpc) is 3.45. The normalized spacial score (nSPS) is 17.4. The Balaban J connectivity index is 1.71. The number of aliphatic hydroxyl groups excluding tert-OH is 1. The van der Waals surface area contributed by atoms with Gasteiger partial charge in [0.1, 0.15) is 11.5 Å². The lowest BCUT2D eigenvalue weighted by Crippen LogP contribution is -2.31. The molecule has 1 saturated heterocycles. The number of benzene rings is 2. The van der Waals surface area contributed by atoms with E-state index in [9.17, 15) is 14.7 Å². The summed E-state index contributed by atoms with van der Waals surface area (Å²) in [6.07, 6.45) is 6.76. The van der Waals surface area contributed by atoms with Gasteiger partial charge in [-0.2, -0.15) is 0 Å². The summed E-state index contributed by atoms with van der Waals surface area (Å²) < 4.78 is 8.49. The number of aliphatic hydroxyl groups is 1. The third kappa shape index (κ3) is 5.07. The highest BCUT2D eigenvalue weighted by Crippen LogP contribution is 2.40. The number of hydrogen-bond acceptors (Lipinski definition) is 5. The lowest BCUT2D eigenvalue weighted by Gasteiger charge is -2.25. The van der Waals surface area contributed by atoms with Crippen LogP contribution >= 0.6 is 15.9 Å². The second-order valence-corrected chi connectivity index (χ2v) is 8.99. The number of nitrogens with zero attached hydrogens (tertiary/aromatic N) is 3. The van der Waals surface area contributed by atoms with Crippen LogP contribution in [0.1, 0.15) is 36.9 Å². The zero-order valence-corrected chi connectivity index (χ0v) is 20.4. The average molecular weight is 524 g/mol. The predicted octanol–water partition coefficient (Wildman–Crippen LogP) is 4.95. The quantitative estimate of drug-likeness (QED) is 0.243. The number of carbonyl (C=O) groups excluding carboxylic acids is 2. The molecule has 7 nitrogen and oxygen atoms in total. The van der Waals surface area contributed by atoms with Gasteiger partial charge < -0.3 is 19.3 Å². The minimum Gasteiger partial charge on any atom is -0.507 e. The molecule has 0 radical (unpaired) electrons. The molecule has 2 aromatic carbocycles. The van der Waals surface area contributed by atoms with Crippen molar-refractivity contribution in [3.63, 3.8) is 0 Å². The van der Waals surface area contributed by atoms with Crippen LogP contribution in [0.3, 0.4) is 0 Å². The molecule has 1 aliphatic rings. The molecule has 1 N–H and O–H groups in total. The molecule has 1 aromatic heterocycles. The smallest absolute Gasteiger partial charge is 0.295 e. The number of ether oxygens (including phenoxy) is 1. The molecule has 0 saturated carbocycles. The molecule has 4 rings (SSSR count). The summed E-state index contributed by atoms with van der Waals surface area (Å²) in [5.74, 6) is -0.905. The van der Waals surface area contributed by atoms with E-state index in [-0.39, 0.29) is 11.3 Å². The van der Waals surface area contributed by atoms with Gasteiger partial charge in [0.15, 0.2) is 0 Å². The monoisotopic (exact) mass is 523 g/mol. The Labute approximate surface area is 206 Å². The maximum absolute atomic E-state index is 13.2. The van der Waals surface area contributed by atoms with E-state index in [4.69, 9.17) is 4.74 Å². The Morgan fingerprint density at radius 3 is 2.65 bits per heavy atom. The van der Waals surface area contributed by atoms with Crippen LogP contribution in [0, 0.1) is 0 Å². The van der Waals surface area contributed by atoms with Crippen LogP contribution in [0.25, 0.3) is 5.76 Å². The van der Waals surface area contributed by atoms with Crippen molar-refractivity contribution in [2.45, 2.75) is 32.4 Å². The van der Waals surface area contributed by atoms with Crippen molar-refractivity contribution >= 4 is 33.4 Å². The second-order valence-electron chi connectivity index (χ2n) is 8.07. The number of imidazole rings is 1. The number of aromatic nitrogens is 2. The van der Waals surface area contributed by atoms with Crippen molar-refractivity contribution in [1.82, 2.24) is 14.5 Å². The van der Waals surface area contributed by atoms with Gasteiger partial charge in [0.25, 0.3) is 11.7 Å². The number of carbonyl (C=O) groups is 2. The van der Waals surface area contributed by atoms with Crippen molar-refractivity contribution in [1.29, 1.82) is 0 Å². The van der Waals surface area contributed by atoms with Gasteiger partial charge >= 0.3 is 0 Å². The largest absolute Gasteiger partial charge is 0.507 e. The molecule has 1 unspecified atom stereocenters. The van der Waals surface area contributed by atoms with E-state index in [0.717, 1.165) is 16.5 Å². The van der Waals surface area contributed by atoms with Gasteiger partial charge in [-0.15, -0.1) is 0 Å². The molecule has 8 heteroatoms. The first-order chi connectivity index (χ1) is 16.5. The first-order valence-corrected chi connectivity index (χ1v) is 12.0. The van der Waals surface area contributed by atoms with E-state index in [1.165, 1.54) is 0 Å². The van der Waals surface area contributed by atoms with E-state index >= 15 is 0 Å². The third-order valence-electron chi connectivity index (χ3n) is 5.68. The van der Waals surface area contributed by atoms with Gasteiger partial charge in [-0.05, 0) is 42.7 Å². The molecule has 0 bridgehead atoms. The Hall–Kier alpha value is -3.39. The second kappa shape index (κ2) is 10.7. The first-order valence-electron chi connectivity index (χ1n) is 11.2. The van der Waals surface area contributed by atoms with Crippen LogP contribution in [0.4, 0.5) is 0 Å². The summed E-state index contributed by atoms with van der Waals surface area (Å²) in [4.78, 5) is 31.8. The highest BCUT2D eigenvalue weighted by molar-refractivity contribution is 9.10. The Morgan fingerprint density at radius 1 is 1.15 bits per heavy atom. The molecule has 34 heavy (non-hydrogen) atoms.